The zero-order valence-corrected chi connectivity index (χ0v) is 48.0. The molecule has 0 rings (SSSR count). The molecule has 0 aliphatic carbocycles. The van der Waals surface area contributed by atoms with Crippen molar-refractivity contribution in [3.63, 3.8) is 0 Å². The molecule has 0 aromatic rings. The number of aliphatic hydroxyl groups is 1. The highest BCUT2D eigenvalue weighted by Gasteiger charge is 2.30. The zero-order valence-electron chi connectivity index (χ0n) is 46.3. The van der Waals surface area contributed by atoms with Crippen LogP contribution in [0.25, 0.3) is 0 Å². The topological polar surface area (TPSA) is 237 Å². The summed E-state index contributed by atoms with van der Waals surface area (Å²) in [5.74, 6) is -1.40. The second kappa shape index (κ2) is 48.4. The summed E-state index contributed by atoms with van der Waals surface area (Å²) in [6, 6.07) is 0. The van der Waals surface area contributed by atoms with Crippen LogP contribution in [0.15, 0.2) is 0 Å². The van der Waals surface area contributed by atoms with Gasteiger partial charge < -0.3 is 33.8 Å². The predicted octanol–water partition coefficient (Wildman–Crippen LogP) is 13.9. The van der Waals surface area contributed by atoms with Gasteiger partial charge in [0.05, 0.1) is 26.4 Å². The van der Waals surface area contributed by atoms with Gasteiger partial charge in [-0.2, -0.15) is 0 Å². The van der Waals surface area contributed by atoms with Crippen LogP contribution in [-0.4, -0.2) is 96.7 Å². The molecule has 0 saturated carbocycles. The molecule has 3 unspecified atom stereocenters. The van der Waals surface area contributed by atoms with E-state index in [1.807, 2.05) is 0 Å². The highest BCUT2D eigenvalue weighted by Crippen LogP contribution is 2.45. The van der Waals surface area contributed by atoms with Gasteiger partial charge in [0.15, 0.2) is 12.2 Å². The van der Waals surface area contributed by atoms with Crippen LogP contribution in [0.2, 0.25) is 0 Å². The van der Waals surface area contributed by atoms with Crippen LogP contribution >= 0.6 is 15.6 Å². The first kappa shape index (κ1) is 71.1. The highest BCUT2D eigenvalue weighted by atomic mass is 31.2. The van der Waals surface area contributed by atoms with E-state index in [4.69, 9.17) is 37.0 Å². The molecule has 0 spiro atoms. The maximum Gasteiger partial charge on any atom is 0.472 e. The Morgan fingerprint density at radius 3 is 0.973 bits per heavy atom. The third-order valence-corrected chi connectivity index (χ3v) is 14.5. The van der Waals surface area contributed by atoms with Gasteiger partial charge in [0.25, 0.3) is 0 Å². The van der Waals surface area contributed by atoms with Crippen molar-refractivity contribution in [2.24, 2.45) is 5.92 Å². The molecule has 0 radical (unpaired) electrons. The molecule has 0 aromatic carbocycles. The van der Waals surface area contributed by atoms with Crippen LogP contribution in [0.1, 0.15) is 259 Å². The van der Waals surface area contributed by atoms with Crippen molar-refractivity contribution < 1.29 is 80.2 Å². The van der Waals surface area contributed by atoms with Gasteiger partial charge in [-0.15, -0.1) is 0 Å². The lowest BCUT2D eigenvalue weighted by atomic mass is 9.99. The van der Waals surface area contributed by atoms with Crippen LogP contribution in [0.5, 0.6) is 0 Å². The molecule has 432 valence electrons. The van der Waals surface area contributed by atoms with Crippen molar-refractivity contribution in [1.82, 2.24) is 0 Å². The molecular weight excluding hydrogens is 983 g/mol. The Labute approximate surface area is 441 Å². The Balaban J connectivity index is 5.15. The van der Waals surface area contributed by atoms with Crippen molar-refractivity contribution >= 4 is 39.5 Å². The summed E-state index contributed by atoms with van der Waals surface area (Å²) in [6.45, 7) is 6.92. The zero-order chi connectivity index (χ0) is 54.3. The second-order valence-electron chi connectivity index (χ2n) is 19.9. The molecule has 0 aliphatic heterocycles. The molecular formula is C54H104O17P2. The normalized spacial score (nSPS) is 14.9. The van der Waals surface area contributed by atoms with E-state index in [1.165, 1.54) is 77.0 Å². The fraction of sp³-hybridized carbons (Fsp3) is 0.926. The van der Waals surface area contributed by atoms with E-state index in [0.29, 0.717) is 25.7 Å². The molecule has 17 nitrogen and oxygen atoms in total. The van der Waals surface area contributed by atoms with Gasteiger partial charge in [-0.25, -0.2) is 9.13 Å². The summed E-state index contributed by atoms with van der Waals surface area (Å²) in [4.78, 5) is 71.2. The third kappa shape index (κ3) is 48.2. The van der Waals surface area contributed by atoms with E-state index in [1.54, 1.807) is 0 Å². The lowest BCUT2D eigenvalue weighted by molar-refractivity contribution is -0.161. The Morgan fingerprint density at radius 1 is 0.384 bits per heavy atom. The quantitative estimate of drug-likeness (QED) is 0.0222. The first-order valence-electron chi connectivity index (χ1n) is 28.7. The number of aliphatic hydroxyl groups excluding tert-OH is 1. The van der Waals surface area contributed by atoms with Crippen LogP contribution in [0.4, 0.5) is 0 Å². The number of unbranched alkanes of at least 4 members (excludes halogenated alkanes) is 25. The summed E-state index contributed by atoms with van der Waals surface area (Å²) in [7, 11) is -9.85. The molecule has 3 N–H and O–H groups in total. The van der Waals surface area contributed by atoms with Gasteiger partial charge in [-0.05, 0) is 31.6 Å². The smallest absolute Gasteiger partial charge is 0.462 e. The number of ether oxygens (including phenoxy) is 4. The van der Waals surface area contributed by atoms with E-state index >= 15 is 0 Å². The van der Waals surface area contributed by atoms with Crippen molar-refractivity contribution in [1.29, 1.82) is 0 Å². The fourth-order valence-electron chi connectivity index (χ4n) is 7.78. The second-order valence-corrected chi connectivity index (χ2v) is 22.8. The highest BCUT2D eigenvalue weighted by molar-refractivity contribution is 7.47. The number of phosphoric ester groups is 2. The number of phosphoric acid groups is 2. The van der Waals surface area contributed by atoms with Crippen molar-refractivity contribution in [2.45, 2.75) is 278 Å². The Bertz CT molecular complexity index is 1450. The molecule has 0 fully saturated rings. The van der Waals surface area contributed by atoms with E-state index in [2.05, 4.69) is 34.6 Å². The van der Waals surface area contributed by atoms with Crippen LogP contribution in [0, 0.1) is 5.92 Å². The standard InChI is InChI=1S/C54H104O17P2/c1-6-10-13-16-17-18-19-20-24-29-33-38-52(57)65-44-50(71-54(59)40-35-30-25-22-21-23-28-31-36-47(5)9-4)46-69-73(62,63)67-42-48(55)41-66-72(60,61)68-45-49(70-53(58)39-34-27-15-12-8-3)43-64-51(56)37-32-26-14-11-7-2/h47-50,55H,6-46H2,1-5H3,(H,60,61)(H,62,63)/t47?,48-,49+,50+/m0/s1. The number of hydrogen-bond donors (Lipinski definition) is 3. The summed E-state index contributed by atoms with van der Waals surface area (Å²) < 4.78 is 67.1. The summed E-state index contributed by atoms with van der Waals surface area (Å²) in [6.07, 6.45) is 28.6. The van der Waals surface area contributed by atoms with E-state index in [9.17, 15) is 43.2 Å². The Hall–Kier alpha value is -1.94. The van der Waals surface area contributed by atoms with E-state index in [0.717, 1.165) is 102 Å². The maximum atomic E-state index is 12.9. The lowest BCUT2D eigenvalue weighted by Gasteiger charge is -2.21. The minimum Gasteiger partial charge on any atom is -0.462 e. The molecule has 0 bridgehead atoms. The Kier molecular flexibility index (Phi) is 47.1. The average Bonchev–Trinajstić information content (AvgIpc) is 3.36. The van der Waals surface area contributed by atoms with E-state index < -0.39 is 97.5 Å². The van der Waals surface area contributed by atoms with Crippen LogP contribution in [-0.2, 0) is 65.4 Å². The first-order valence-corrected chi connectivity index (χ1v) is 31.7. The predicted molar refractivity (Wildman–Crippen MR) is 285 cm³/mol. The summed E-state index contributed by atoms with van der Waals surface area (Å²) >= 11 is 0. The maximum absolute atomic E-state index is 12.9. The fourth-order valence-corrected chi connectivity index (χ4v) is 9.36. The number of hydrogen-bond acceptors (Lipinski definition) is 15. The largest absolute Gasteiger partial charge is 0.472 e. The lowest BCUT2D eigenvalue weighted by Crippen LogP contribution is -2.30. The molecule has 0 saturated heterocycles. The van der Waals surface area contributed by atoms with Crippen molar-refractivity contribution in [3.05, 3.63) is 0 Å². The van der Waals surface area contributed by atoms with Gasteiger partial charge in [-0.3, -0.25) is 37.3 Å². The van der Waals surface area contributed by atoms with Gasteiger partial charge in [-0.1, -0.05) is 208 Å². The molecule has 0 aromatic heterocycles. The number of rotatable bonds is 54. The van der Waals surface area contributed by atoms with Crippen LogP contribution in [0.3, 0.4) is 0 Å². The summed E-state index contributed by atoms with van der Waals surface area (Å²) in [5.41, 5.74) is 0. The number of esters is 4. The van der Waals surface area contributed by atoms with Crippen molar-refractivity contribution in [2.75, 3.05) is 39.6 Å². The number of carbonyl (C=O) groups excluding carboxylic acids is 4. The molecule has 6 atom stereocenters. The van der Waals surface area contributed by atoms with Gasteiger partial charge >= 0.3 is 39.5 Å². The Morgan fingerprint density at radius 2 is 0.658 bits per heavy atom. The van der Waals surface area contributed by atoms with Crippen LogP contribution < -0.4 is 0 Å². The van der Waals surface area contributed by atoms with E-state index in [-0.39, 0.29) is 25.7 Å². The molecule has 73 heavy (non-hydrogen) atoms. The minimum absolute atomic E-state index is 0.0986. The minimum atomic E-state index is -4.93. The summed E-state index contributed by atoms with van der Waals surface area (Å²) in [5, 5.41) is 10.4. The van der Waals surface area contributed by atoms with Crippen molar-refractivity contribution in [3.8, 4) is 0 Å². The van der Waals surface area contributed by atoms with Gasteiger partial charge in [0.1, 0.15) is 19.3 Å². The molecule has 0 amide bonds. The number of carbonyl (C=O) groups is 4. The van der Waals surface area contributed by atoms with Gasteiger partial charge in [0, 0.05) is 25.7 Å². The first-order chi connectivity index (χ1) is 35.1. The monoisotopic (exact) mass is 1090 g/mol. The SMILES string of the molecule is CCCCCCCCCCCCCC(=O)OC[C@H](COP(=O)(O)OC[C@@H](O)COP(=O)(O)OC[C@@H](COC(=O)CCCCCCC)OC(=O)CCCCCCC)OC(=O)CCCCCCCCCCC(C)CC. The third-order valence-electron chi connectivity index (χ3n) is 12.6. The van der Waals surface area contributed by atoms with Gasteiger partial charge in [0.2, 0.25) is 0 Å². The molecule has 19 heteroatoms. The molecule has 0 heterocycles. The average molecular weight is 1090 g/mol. The molecule has 0 aliphatic rings.